The maximum Gasteiger partial charge on any atom is 0.319 e. The molecule has 3 saturated heterocycles. The van der Waals surface area contributed by atoms with Gasteiger partial charge in [0.25, 0.3) is 0 Å². The molecule has 3 aliphatic rings. The Balaban J connectivity index is 1.29. The van der Waals surface area contributed by atoms with Crippen LogP contribution in [-0.2, 0) is 4.79 Å². The first-order valence-corrected chi connectivity index (χ1v) is 12.2. The molecule has 8 heteroatoms. The van der Waals surface area contributed by atoms with Crippen LogP contribution >= 0.6 is 0 Å². The molecule has 0 N–H and O–H groups in total. The number of halogens is 1. The lowest BCUT2D eigenvalue weighted by Crippen LogP contribution is -2.52. The Morgan fingerprint density at radius 3 is 2.39 bits per heavy atom. The highest BCUT2D eigenvalue weighted by atomic mass is 19.1. The number of benzene rings is 1. The van der Waals surface area contributed by atoms with E-state index in [0.717, 1.165) is 57.5 Å². The second-order valence-corrected chi connectivity index (χ2v) is 10.3. The first kappa shape index (κ1) is 23.8. The predicted molar refractivity (Wildman–Crippen MR) is 128 cm³/mol. The van der Waals surface area contributed by atoms with Gasteiger partial charge in [-0.05, 0) is 56.9 Å². The predicted octanol–water partition coefficient (Wildman–Crippen LogP) is 2.72. The maximum absolute atomic E-state index is 13.2. The molecule has 0 saturated carbocycles. The summed E-state index contributed by atoms with van der Waals surface area (Å²) < 4.78 is 13.2. The molecule has 33 heavy (non-hydrogen) atoms. The molecule has 2 atom stereocenters. The Bertz CT molecular complexity index is 853. The number of carbonyl (C=O) groups is 2. The summed E-state index contributed by atoms with van der Waals surface area (Å²) in [5.41, 5.74) is 0.778. The number of piperazine rings is 1. The van der Waals surface area contributed by atoms with Crippen molar-refractivity contribution in [3.8, 4) is 0 Å². The van der Waals surface area contributed by atoms with Crippen LogP contribution in [0.15, 0.2) is 24.3 Å². The van der Waals surface area contributed by atoms with Gasteiger partial charge in [0.15, 0.2) is 0 Å². The van der Waals surface area contributed by atoms with E-state index in [-0.39, 0.29) is 29.2 Å². The van der Waals surface area contributed by atoms with Gasteiger partial charge in [-0.15, -0.1) is 0 Å². The van der Waals surface area contributed by atoms with Crippen molar-refractivity contribution in [1.82, 2.24) is 19.6 Å². The summed E-state index contributed by atoms with van der Waals surface area (Å²) in [6, 6.07) is 7.46. The largest absolute Gasteiger partial charge is 0.369 e. The summed E-state index contributed by atoms with van der Waals surface area (Å²) in [6.45, 7) is 7.35. The highest BCUT2D eigenvalue weighted by molar-refractivity contribution is 5.85. The number of hydrogen-bond donors (Lipinski definition) is 0. The molecule has 4 rings (SSSR count). The van der Waals surface area contributed by atoms with Crippen molar-refractivity contribution in [2.24, 2.45) is 5.41 Å². The smallest absolute Gasteiger partial charge is 0.319 e. The Morgan fingerprint density at radius 1 is 1.12 bits per heavy atom. The summed E-state index contributed by atoms with van der Waals surface area (Å²) >= 11 is 0. The van der Waals surface area contributed by atoms with Gasteiger partial charge in [-0.2, -0.15) is 0 Å². The summed E-state index contributed by atoms with van der Waals surface area (Å²) in [7, 11) is 5.50. The van der Waals surface area contributed by atoms with Gasteiger partial charge in [0, 0.05) is 78.2 Å². The molecular formula is C25H38FN5O2. The lowest BCUT2D eigenvalue weighted by molar-refractivity contribution is -0.137. The standard InChI is InChI=1S/C25H38FN5O2/c1-19-18-31(21-7-5-20(26)6-8-21)16-15-29(19)12-9-22-17-25(23(32)28(22)4)10-13-30(14-11-25)24(33)27(2)3/h5-8,19,22H,9-18H2,1-4H3/t19-,22-/m0/s1. The monoisotopic (exact) mass is 459 g/mol. The van der Waals surface area contributed by atoms with Crippen molar-refractivity contribution in [2.75, 3.05) is 65.3 Å². The molecule has 0 unspecified atom stereocenters. The normalized spacial score (nSPS) is 25.7. The average molecular weight is 460 g/mol. The van der Waals surface area contributed by atoms with Crippen molar-refractivity contribution in [2.45, 2.75) is 44.7 Å². The molecular weight excluding hydrogens is 421 g/mol. The Morgan fingerprint density at radius 2 is 1.79 bits per heavy atom. The third-order valence-corrected chi connectivity index (χ3v) is 8.03. The lowest BCUT2D eigenvalue weighted by Gasteiger charge is -2.41. The van der Waals surface area contributed by atoms with Crippen LogP contribution in [-0.4, -0.2) is 104 Å². The maximum atomic E-state index is 13.2. The number of nitrogens with zero attached hydrogens (tertiary/aromatic N) is 5. The molecule has 3 aliphatic heterocycles. The minimum Gasteiger partial charge on any atom is -0.369 e. The van der Waals surface area contributed by atoms with Crippen LogP contribution in [0, 0.1) is 11.2 Å². The highest BCUT2D eigenvalue weighted by Gasteiger charge is 2.51. The molecule has 0 aliphatic carbocycles. The van der Waals surface area contributed by atoms with E-state index in [1.807, 2.05) is 29.0 Å². The van der Waals surface area contributed by atoms with E-state index >= 15 is 0 Å². The molecule has 1 aromatic rings. The van der Waals surface area contributed by atoms with Gasteiger partial charge in [0.2, 0.25) is 5.91 Å². The van der Waals surface area contributed by atoms with E-state index in [0.29, 0.717) is 19.1 Å². The molecule has 1 spiro atoms. The molecule has 3 amide bonds. The van der Waals surface area contributed by atoms with E-state index in [2.05, 4.69) is 16.7 Å². The van der Waals surface area contributed by atoms with Crippen molar-refractivity contribution in [1.29, 1.82) is 0 Å². The summed E-state index contributed by atoms with van der Waals surface area (Å²) in [6.07, 6.45) is 3.40. The molecule has 182 valence electrons. The number of rotatable bonds is 4. The third kappa shape index (κ3) is 4.81. The molecule has 3 fully saturated rings. The van der Waals surface area contributed by atoms with Gasteiger partial charge in [-0.1, -0.05) is 0 Å². The third-order valence-electron chi connectivity index (χ3n) is 8.03. The number of amides is 3. The Hall–Kier alpha value is -2.35. The van der Waals surface area contributed by atoms with E-state index in [9.17, 15) is 14.0 Å². The number of hydrogen-bond acceptors (Lipinski definition) is 4. The molecule has 0 bridgehead atoms. The first-order chi connectivity index (χ1) is 15.7. The van der Waals surface area contributed by atoms with Crippen molar-refractivity contribution >= 4 is 17.6 Å². The Labute approximate surface area is 197 Å². The molecule has 0 aromatic heterocycles. The van der Waals surface area contributed by atoms with Crippen LogP contribution in [0.3, 0.4) is 0 Å². The molecule has 0 radical (unpaired) electrons. The van der Waals surface area contributed by atoms with Gasteiger partial charge in [-0.3, -0.25) is 9.69 Å². The van der Waals surface area contributed by atoms with Gasteiger partial charge in [0.1, 0.15) is 5.82 Å². The SMILES string of the molecule is C[C@H]1CN(c2ccc(F)cc2)CCN1CC[C@H]1CC2(CCN(C(=O)N(C)C)CC2)C(=O)N1C. The van der Waals surface area contributed by atoms with Crippen LogP contribution in [0.5, 0.6) is 0 Å². The number of carbonyl (C=O) groups excluding carboxylic acids is 2. The van der Waals surface area contributed by atoms with Gasteiger partial charge < -0.3 is 19.6 Å². The first-order valence-electron chi connectivity index (χ1n) is 12.2. The average Bonchev–Trinajstić information content (AvgIpc) is 3.03. The van der Waals surface area contributed by atoms with Gasteiger partial charge in [0.05, 0.1) is 5.41 Å². The fraction of sp³-hybridized carbons (Fsp3) is 0.680. The van der Waals surface area contributed by atoms with E-state index in [1.54, 1.807) is 19.0 Å². The zero-order valence-electron chi connectivity index (χ0n) is 20.5. The van der Waals surface area contributed by atoms with E-state index in [1.165, 1.54) is 12.1 Å². The molecule has 3 heterocycles. The summed E-state index contributed by atoms with van der Waals surface area (Å²) in [5.74, 6) is 0.0621. The van der Waals surface area contributed by atoms with Crippen molar-refractivity contribution in [3.05, 3.63) is 30.1 Å². The summed E-state index contributed by atoms with van der Waals surface area (Å²) in [4.78, 5) is 35.8. The van der Waals surface area contributed by atoms with Crippen LogP contribution in [0.1, 0.15) is 32.6 Å². The molecule has 1 aromatic carbocycles. The topological polar surface area (TPSA) is 50.3 Å². The van der Waals surface area contributed by atoms with Crippen molar-refractivity contribution in [3.63, 3.8) is 0 Å². The van der Waals surface area contributed by atoms with Gasteiger partial charge >= 0.3 is 6.03 Å². The fourth-order valence-corrected chi connectivity index (χ4v) is 5.87. The van der Waals surface area contributed by atoms with Crippen LogP contribution in [0.4, 0.5) is 14.9 Å². The number of urea groups is 1. The molecule has 7 nitrogen and oxygen atoms in total. The Kier molecular flexibility index (Phi) is 6.84. The van der Waals surface area contributed by atoms with Crippen LogP contribution in [0.25, 0.3) is 0 Å². The zero-order valence-corrected chi connectivity index (χ0v) is 20.5. The van der Waals surface area contributed by atoms with Gasteiger partial charge in [-0.25, -0.2) is 9.18 Å². The summed E-state index contributed by atoms with van der Waals surface area (Å²) in [5, 5.41) is 0. The second kappa shape index (κ2) is 9.49. The second-order valence-electron chi connectivity index (χ2n) is 10.3. The minimum atomic E-state index is -0.296. The van der Waals surface area contributed by atoms with E-state index < -0.39 is 0 Å². The quantitative estimate of drug-likeness (QED) is 0.695. The van der Waals surface area contributed by atoms with Crippen LogP contribution in [0.2, 0.25) is 0 Å². The van der Waals surface area contributed by atoms with E-state index in [4.69, 9.17) is 0 Å². The highest BCUT2D eigenvalue weighted by Crippen LogP contribution is 2.45. The number of likely N-dealkylation sites (tertiary alicyclic amines) is 2. The fourth-order valence-electron chi connectivity index (χ4n) is 5.87. The zero-order chi connectivity index (χ0) is 23.8. The minimum absolute atomic E-state index is 0.0361. The number of piperidine rings is 1. The lowest BCUT2D eigenvalue weighted by atomic mass is 9.75. The number of anilines is 1. The van der Waals surface area contributed by atoms with Crippen molar-refractivity contribution < 1.29 is 14.0 Å². The van der Waals surface area contributed by atoms with Crippen LogP contribution < -0.4 is 4.90 Å².